The van der Waals surface area contributed by atoms with Gasteiger partial charge < -0.3 is 0 Å². The third kappa shape index (κ3) is 4.47. The lowest BCUT2D eigenvalue weighted by atomic mass is 10.1. The Morgan fingerprint density at radius 2 is 2.00 bits per heavy atom. The molecule has 1 heterocycles. The molecule has 1 aromatic carbocycles. The zero-order valence-corrected chi connectivity index (χ0v) is 12.7. The molecule has 1 amide bonds. The lowest BCUT2D eigenvalue weighted by molar-refractivity contribution is -0.121. The first-order valence-electron chi connectivity index (χ1n) is 6.28. The van der Waals surface area contributed by atoms with Gasteiger partial charge in [0.1, 0.15) is 0 Å². The van der Waals surface area contributed by atoms with Gasteiger partial charge in [-0.15, -0.1) is 11.3 Å². The topological polar surface area (TPSA) is 41.5 Å². The normalized spacial score (nSPS) is 11.4. The number of carbonyl (C=O) groups is 1. The number of carbonyl (C=O) groups excluding carboxylic acids is 1. The van der Waals surface area contributed by atoms with E-state index in [0.717, 1.165) is 16.2 Å². The van der Waals surface area contributed by atoms with Crippen LogP contribution in [-0.2, 0) is 11.2 Å². The van der Waals surface area contributed by atoms with E-state index in [9.17, 15) is 4.79 Å². The van der Waals surface area contributed by atoms with Crippen molar-refractivity contribution in [3.05, 3.63) is 57.2 Å². The Balaban J connectivity index is 1.83. The maximum atomic E-state index is 11.7. The highest BCUT2D eigenvalue weighted by atomic mass is 35.5. The monoisotopic (exact) mass is 306 g/mol. The van der Waals surface area contributed by atoms with Crippen LogP contribution in [0.25, 0.3) is 0 Å². The smallest absolute Gasteiger partial charge is 0.240 e. The van der Waals surface area contributed by atoms with Crippen LogP contribution in [0.3, 0.4) is 0 Å². The van der Waals surface area contributed by atoms with Crippen LogP contribution in [0.5, 0.6) is 0 Å². The maximum Gasteiger partial charge on any atom is 0.240 e. The molecule has 1 N–H and O–H groups in total. The number of hydrazone groups is 1. The van der Waals surface area contributed by atoms with E-state index < -0.39 is 0 Å². The molecule has 20 heavy (non-hydrogen) atoms. The van der Waals surface area contributed by atoms with Gasteiger partial charge in [-0.3, -0.25) is 4.79 Å². The Kier molecular flexibility index (Phi) is 5.32. The molecule has 0 atom stereocenters. The number of amides is 1. The predicted molar refractivity (Wildman–Crippen MR) is 84.4 cm³/mol. The minimum Gasteiger partial charge on any atom is -0.273 e. The number of benzene rings is 1. The number of aryl methyl sites for hydroxylation is 1. The van der Waals surface area contributed by atoms with Gasteiger partial charge in [-0.2, -0.15) is 5.10 Å². The lowest BCUT2D eigenvalue weighted by Crippen LogP contribution is -2.19. The summed E-state index contributed by atoms with van der Waals surface area (Å²) < 4.78 is 0.713. The summed E-state index contributed by atoms with van der Waals surface area (Å²) in [7, 11) is 0. The molecule has 5 heteroatoms. The summed E-state index contributed by atoms with van der Waals surface area (Å²) in [6, 6.07) is 13.6. The quantitative estimate of drug-likeness (QED) is 0.661. The Hall–Kier alpha value is -1.65. The molecule has 0 saturated heterocycles. The van der Waals surface area contributed by atoms with Crippen molar-refractivity contribution in [1.82, 2.24) is 5.43 Å². The summed E-state index contributed by atoms with van der Waals surface area (Å²) in [4.78, 5) is 12.7. The van der Waals surface area contributed by atoms with Crippen LogP contribution >= 0.6 is 22.9 Å². The van der Waals surface area contributed by atoms with Crippen molar-refractivity contribution in [3.8, 4) is 0 Å². The van der Waals surface area contributed by atoms with Crippen LogP contribution in [-0.4, -0.2) is 11.6 Å². The standard InChI is InChI=1S/C15H15ClN2OS/c1-11(13-8-9-14(16)20-13)17-18-15(19)10-7-12-5-3-2-4-6-12/h2-6,8-9H,7,10H2,1H3,(H,18,19)/b17-11-. The van der Waals surface area contributed by atoms with Crippen LogP contribution in [0.2, 0.25) is 4.34 Å². The molecular formula is C15H15ClN2OS. The number of nitrogens with one attached hydrogen (secondary N) is 1. The van der Waals surface area contributed by atoms with Crippen LogP contribution in [0, 0.1) is 0 Å². The molecule has 0 aliphatic carbocycles. The summed E-state index contributed by atoms with van der Waals surface area (Å²) in [5.74, 6) is -0.0872. The first kappa shape index (κ1) is 14.8. The SMILES string of the molecule is C/C(=N/NC(=O)CCc1ccccc1)c1ccc(Cl)s1. The van der Waals surface area contributed by atoms with Gasteiger partial charge in [0.05, 0.1) is 14.9 Å². The van der Waals surface area contributed by atoms with Crippen molar-refractivity contribution in [2.24, 2.45) is 5.10 Å². The predicted octanol–water partition coefficient (Wildman–Crippen LogP) is 3.87. The first-order valence-corrected chi connectivity index (χ1v) is 7.47. The van der Waals surface area contributed by atoms with Crippen molar-refractivity contribution in [2.45, 2.75) is 19.8 Å². The van der Waals surface area contributed by atoms with Crippen LogP contribution in [0.15, 0.2) is 47.6 Å². The van der Waals surface area contributed by atoms with Crippen LogP contribution in [0.1, 0.15) is 23.8 Å². The summed E-state index contributed by atoms with van der Waals surface area (Å²) in [5, 5.41) is 4.09. The second-order valence-electron chi connectivity index (χ2n) is 4.32. The van der Waals surface area contributed by atoms with Gasteiger partial charge >= 0.3 is 0 Å². The molecular weight excluding hydrogens is 292 g/mol. The van der Waals surface area contributed by atoms with Gasteiger partial charge in [-0.1, -0.05) is 41.9 Å². The van der Waals surface area contributed by atoms with E-state index in [0.29, 0.717) is 17.2 Å². The molecule has 0 radical (unpaired) electrons. The minimum atomic E-state index is -0.0872. The van der Waals surface area contributed by atoms with Crippen LogP contribution < -0.4 is 5.43 Å². The van der Waals surface area contributed by atoms with Gasteiger partial charge in [0.2, 0.25) is 5.91 Å². The third-order valence-corrected chi connectivity index (χ3v) is 4.10. The third-order valence-electron chi connectivity index (χ3n) is 2.76. The number of rotatable bonds is 5. The summed E-state index contributed by atoms with van der Waals surface area (Å²) in [6.45, 7) is 1.85. The van der Waals surface area contributed by atoms with E-state index in [1.807, 2.05) is 49.4 Å². The molecule has 0 saturated carbocycles. The van der Waals surface area contributed by atoms with Crippen molar-refractivity contribution in [1.29, 1.82) is 0 Å². The van der Waals surface area contributed by atoms with Gasteiger partial charge in [0, 0.05) is 6.42 Å². The fourth-order valence-electron chi connectivity index (χ4n) is 1.67. The van der Waals surface area contributed by atoms with Crippen molar-refractivity contribution < 1.29 is 4.79 Å². The average Bonchev–Trinajstić information content (AvgIpc) is 2.90. The summed E-state index contributed by atoms with van der Waals surface area (Å²) in [5.41, 5.74) is 4.48. The molecule has 0 aliphatic rings. The second-order valence-corrected chi connectivity index (χ2v) is 6.04. The molecule has 0 spiro atoms. The van der Waals surface area contributed by atoms with Crippen LogP contribution in [0.4, 0.5) is 0 Å². The van der Waals surface area contributed by atoms with E-state index in [1.165, 1.54) is 11.3 Å². The fourth-order valence-corrected chi connectivity index (χ4v) is 2.66. The highest BCUT2D eigenvalue weighted by Gasteiger charge is 2.04. The molecule has 104 valence electrons. The van der Waals surface area contributed by atoms with Gasteiger partial charge in [0.15, 0.2) is 0 Å². The highest BCUT2D eigenvalue weighted by Crippen LogP contribution is 2.21. The fraction of sp³-hybridized carbons (Fsp3) is 0.200. The number of hydrogen-bond acceptors (Lipinski definition) is 3. The van der Waals surface area contributed by atoms with Crippen molar-refractivity contribution in [3.63, 3.8) is 0 Å². The molecule has 0 fully saturated rings. The van der Waals surface area contributed by atoms with Gasteiger partial charge in [0.25, 0.3) is 0 Å². The molecule has 2 aromatic rings. The Morgan fingerprint density at radius 1 is 1.25 bits per heavy atom. The number of nitrogens with zero attached hydrogens (tertiary/aromatic N) is 1. The molecule has 2 rings (SSSR count). The number of hydrogen-bond donors (Lipinski definition) is 1. The number of halogens is 1. The molecule has 0 aliphatic heterocycles. The minimum absolute atomic E-state index is 0.0872. The Bertz CT molecular complexity index is 607. The van der Waals surface area contributed by atoms with E-state index in [1.54, 1.807) is 0 Å². The van der Waals surface area contributed by atoms with E-state index >= 15 is 0 Å². The van der Waals surface area contributed by atoms with Crippen molar-refractivity contribution >= 4 is 34.6 Å². The Labute approximate surface area is 127 Å². The maximum absolute atomic E-state index is 11.7. The molecule has 0 unspecified atom stereocenters. The van der Waals surface area contributed by atoms with Crippen molar-refractivity contribution in [2.75, 3.05) is 0 Å². The lowest BCUT2D eigenvalue weighted by Gasteiger charge is -2.02. The first-order chi connectivity index (χ1) is 9.65. The van der Waals surface area contributed by atoms with E-state index in [4.69, 9.17) is 11.6 Å². The molecule has 3 nitrogen and oxygen atoms in total. The highest BCUT2D eigenvalue weighted by molar-refractivity contribution is 7.18. The summed E-state index contributed by atoms with van der Waals surface area (Å²) in [6.07, 6.45) is 1.14. The largest absolute Gasteiger partial charge is 0.273 e. The molecule has 1 aromatic heterocycles. The number of thiophene rings is 1. The van der Waals surface area contributed by atoms with E-state index in [2.05, 4.69) is 10.5 Å². The second kappa shape index (κ2) is 7.22. The van der Waals surface area contributed by atoms with E-state index in [-0.39, 0.29) is 5.91 Å². The zero-order chi connectivity index (χ0) is 14.4. The average molecular weight is 307 g/mol. The summed E-state index contributed by atoms with van der Waals surface area (Å²) >= 11 is 7.30. The van der Waals surface area contributed by atoms with Gasteiger partial charge in [-0.25, -0.2) is 5.43 Å². The zero-order valence-electron chi connectivity index (χ0n) is 11.1. The van der Waals surface area contributed by atoms with Gasteiger partial charge in [-0.05, 0) is 31.0 Å². The Morgan fingerprint density at radius 3 is 2.65 bits per heavy atom. The molecule has 0 bridgehead atoms.